The number of aromatic nitrogens is 2. The number of aliphatic hydroxyl groups excluding tert-OH is 1. The standard InChI is InChI=1S/C18H20FN5O/c1-11(21)6-14(8-16-9-15(10-20)23-24(16)3)22-18-5-4-13(19)7-17(18)12(2)25/h4-7,9,12,25H,8,21H2,1-3H3. The lowest BCUT2D eigenvalue weighted by Crippen LogP contribution is -2.08. The molecule has 25 heavy (non-hydrogen) atoms. The van der Waals surface area contributed by atoms with Gasteiger partial charge in [-0.25, -0.2) is 4.39 Å². The van der Waals surface area contributed by atoms with Crippen LogP contribution in [0.5, 0.6) is 0 Å². The van der Waals surface area contributed by atoms with Crippen molar-refractivity contribution in [3.8, 4) is 6.07 Å². The second kappa shape index (κ2) is 7.73. The van der Waals surface area contributed by atoms with Crippen molar-refractivity contribution < 1.29 is 9.50 Å². The van der Waals surface area contributed by atoms with Crippen molar-refractivity contribution in [2.45, 2.75) is 26.4 Å². The molecule has 3 N–H and O–H groups in total. The highest BCUT2D eigenvalue weighted by molar-refractivity contribution is 5.98. The number of aliphatic hydroxyl groups is 1. The summed E-state index contributed by atoms with van der Waals surface area (Å²) in [6.45, 7) is 3.29. The van der Waals surface area contributed by atoms with Crippen molar-refractivity contribution in [3.05, 3.63) is 58.8 Å². The Morgan fingerprint density at radius 2 is 2.24 bits per heavy atom. The van der Waals surface area contributed by atoms with E-state index in [0.29, 0.717) is 34.8 Å². The van der Waals surface area contributed by atoms with Gasteiger partial charge in [0.05, 0.1) is 11.8 Å². The molecule has 0 saturated heterocycles. The maximum Gasteiger partial charge on any atom is 0.162 e. The molecule has 1 aromatic heterocycles. The second-order valence-corrected chi connectivity index (χ2v) is 5.80. The molecule has 6 nitrogen and oxygen atoms in total. The van der Waals surface area contributed by atoms with Gasteiger partial charge < -0.3 is 10.8 Å². The van der Waals surface area contributed by atoms with Crippen LogP contribution in [0, 0.1) is 17.1 Å². The van der Waals surface area contributed by atoms with Crippen molar-refractivity contribution in [2.24, 2.45) is 17.8 Å². The molecule has 0 fully saturated rings. The molecule has 1 aromatic carbocycles. The van der Waals surface area contributed by atoms with Crippen LogP contribution in [0.25, 0.3) is 0 Å². The number of hydrogen-bond donors (Lipinski definition) is 2. The third-order valence-electron chi connectivity index (χ3n) is 3.55. The second-order valence-electron chi connectivity index (χ2n) is 5.80. The van der Waals surface area contributed by atoms with Crippen LogP contribution in [-0.4, -0.2) is 20.6 Å². The van der Waals surface area contributed by atoms with E-state index in [4.69, 9.17) is 11.0 Å². The minimum atomic E-state index is -0.861. The molecule has 2 aromatic rings. The number of nitriles is 1. The number of halogens is 1. The normalized spacial score (nSPS) is 13.6. The van der Waals surface area contributed by atoms with E-state index in [2.05, 4.69) is 10.1 Å². The third kappa shape index (κ3) is 4.75. The molecule has 2 rings (SSSR count). The lowest BCUT2D eigenvalue weighted by Gasteiger charge is -2.10. The molecule has 0 amide bonds. The van der Waals surface area contributed by atoms with Gasteiger partial charge in [-0.1, -0.05) is 0 Å². The Labute approximate surface area is 145 Å². The smallest absolute Gasteiger partial charge is 0.162 e. The van der Waals surface area contributed by atoms with Crippen molar-refractivity contribution in [2.75, 3.05) is 0 Å². The van der Waals surface area contributed by atoms with Gasteiger partial charge in [0.1, 0.15) is 11.9 Å². The van der Waals surface area contributed by atoms with Crippen LogP contribution in [-0.2, 0) is 13.5 Å². The Morgan fingerprint density at radius 1 is 1.52 bits per heavy atom. The summed E-state index contributed by atoms with van der Waals surface area (Å²) < 4.78 is 15.1. The van der Waals surface area contributed by atoms with Gasteiger partial charge >= 0.3 is 0 Å². The molecule has 130 valence electrons. The molecule has 1 atom stereocenters. The van der Waals surface area contributed by atoms with E-state index in [9.17, 15) is 9.50 Å². The fourth-order valence-corrected chi connectivity index (χ4v) is 2.41. The largest absolute Gasteiger partial charge is 0.402 e. The lowest BCUT2D eigenvalue weighted by molar-refractivity contribution is 0.199. The van der Waals surface area contributed by atoms with E-state index in [-0.39, 0.29) is 0 Å². The topological polar surface area (TPSA) is 100 Å². The van der Waals surface area contributed by atoms with Crippen LogP contribution in [0.3, 0.4) is 0 Å². The Bertz CT molecular complexity index is 870. The summed E-state index contributed by atoms with van der Waals surface area (Å²) in [5.41, 5.74) is 8.92. The van der Waals surface area contributed by atoms with Crippen LogP contribution in [0.15, 0.2) is 41.0 Å². The van der Waals surface area contributed by atoms with Gasteiger partial charge in [-0.15, -0.1) is 0 Å². The van der Waals surface area contributed by atoms with E-state index >= 15 is 0 Å². The molecule has 0 aliphatic carbocycles. The SMILES string of the molecule is CC(N)=CC(Cc1cc(C#N)nn1C)=Nc1ccc(F)cc1C(C)O. The highest BCUT2D eigenvalue weighted by Crippen LogP contribution is 2.27. The highest BCUT2D eigenvalue weighted by atomic mass is 19.1. The van der Waals surface area contributed by atoms with Gasteiger partial charge in [0.2, 0.25) is 0 Å². The number of rotatable bonds is 5. The Hall–Kier alpha value is -2.98. The first kappa shape index (κ1) is 18.4. The van der Waals surface area contributed by atoms with E-state index in [1.807, 2.05) is 6.07 Å². The van der Waals surface area contributed by atoms with Crippen molar-refractivity contribution in [3.63, 3.8) is 0 Å². The van der Waals surface area contributed by atoms with Gasteiger partial charge in [0.25, 0.3) is 0 Å². The minimum absolute atomic E-state index is 0.316. The zero-order valence-corrected chi connectivity index (χ0v) is 14.4. The van der Waals surface area contributed by atoms with Crippen LogP contribution < -0.4 is 5.73 Å². The monoisotopic (exact) mass is 341 g/mol. The highest BCUT2D eigenvalue weighted by Gasteiger charge is 2.12. The van der Waals surface area contributed by atoms with Crippen molar-refractivity contribution in [1.82, 2.24) is 9.78 Å². The molecule has 0 aliphatic rings. The molecule has 7 heteroatoms. The third-order valence-corrected chi connectivity index (χ3v) is 3.55. The average molecular weight is 341 g/mol. The number of aryl methyl sites for hydroxylation is 1. The molecule has 0 spiro atoms. The Morgan fingerprint density at radius 3 is 2.80 bits per heavy atom. The van der Waals surface area contributed by atoms with Crippen LogP contribution in [0.1, 0.15) is 36.9 Å². The van der Waals surface area contributed by atoms with E-state index in [0.717, 1.165) is 5.69 Å². The zero-order valence-electron chi connectivity index (χ0n) is 14.4. The van der Waals surface area contributed by atoms with Gasteiger partial charge in [-0.05, 0) is 44.2 Å². The first-order valence-corrected chi connectivity index (χ1v) is 7.72. The maximum absolute atomic E-state index is 13.5. The van der Waals surface area contributed by atoms with Gasteiger partial charge in [-0.3, -0.25) is 9.67 Å². The molecule has 0 bridgehead atoms. The summed E-state index contributed by atoms with van der Waals surface area (Å²) in [6.07, 6.45) is 1.23. The van der Waals surface area contributed by atoms with Gasteiger partial charge in [-0.2, -0.15) is 10.4 Å². The number of benzene rings is 1. The molecule has 0 aliphatic heterocycles. The predicted molar refractivity (Wildman–Crippen MR) is 93.7 cm³/mol. The number of nitrogens with zero attached hydrogens (tertiary/aromatic N) is 4. The minimum Gasteiger partial charge on any atom is -0.402 e. The van der Waals surface area contributed by atoms with E-state index in [1.165, 1.54) is 18.2 Å². The average Bonchev–Trinajstić information content (AvgIpc) is 2.88. The maximum atomic E-state index is 13.5. The van der Waals surface area contributed by atoms with Crippen LogP contribution in [0.4, 0.5) is 10.1 Å². The molecule has 1 heterocycles. The zero-order chi connectivity index (χ0) is 18.6. The number of nitrogens with two attached hydrogens (primary N) is 1. The molecular weight excluding hydrogens is 321 g/mol. The summed E-state index contributed by atoms with van der Waals surface area (Å²) in [5.74, 6) is -0.438. The molecule has 0 radical (unpaired) electrons. The van der Waals surface area contributed by atoms with Crippen LogP contribution in [0.2, 0.25) is 0 Å². The van der Waals surface area contributed by atoms with E-state index < -0.39 is 11.9 Å². The molecule has 1 unspecified atom stereocenters. The summed E-state index contributed by atoms with van der Waals surface area (Å²) in [4.78, 5) is 4.54. The quantitative estimate of drug-likeness (QED) is 0.817. The first-order valence-electron chi connectivity index (χ1n) is 7.72. The fourth-order valence-electron chi connectivity index (χ4n) is 2.41. The summed E-state index contributed by atoms with van der Waals surface area (Å²) in [6, 6.07) is 7.74. The summed E-state index contributed by atoms with van der Waals surface area (Å²) in [7, 11) is 1.74. The van der Waals surface area contributed by atoms with Crippen molar-refractivity contribution >= 4 is 11.4 Å². The summed E-state index contributed by atoms with van der Waals surface area (Å²) >= 11 is 0. The molecular formula is C18H20FN5O. The van der Waals surface area contributed by atoms with Crippen molar-refractivity contribution in [1.29, 1.82) is 5.26 Å². The van der Waals surface area contributed by atoms with Gasteiger partial charge in [0, 0.05) is 36.1 Å². The lowest BCUT2D eigenvalue weighted by atomic mass is 10.1. The fraction of sp³-hybridized carbons (Fsp3) is 0.278. The first-order chi connectivity index (χ1) is 11.8. The number of allylic oxidation sites excluding steroid dienone is 2. The summed E-state index contributed by atoms with van der Waals surface area (Å²) in [5, 5.41) is 22.9. The van der Waals surface area contributed by atoms with Crippen LogP contribution >= 0.6 is 0 Å². The molecule has 0 saturated carbocycles. The number of aliphatic imine (C=N–C) groups is 1. The Kier molecular flexibility index (Phi) is 5.67. The Balaban J connectivity index is 2.48. The van der Waals surface area contributed by atoms with E-state index in [1.54, 1.807) is 37.7 Å². The predicted octanol–water partition coefficient (Wildman–Crippen LogP) is 2.66. The van der Waals surface area contributed by atoms with Gasteiger partial charge in [0.15, 0.2) is 5.69 Å². The number of hydrogen-bond acceptors (Lipinski definition) is 5.